The van der Waals surface area contributed by atoms with Crippen LogP contribution in [-0.2, 0) is 31.1 Å². The predicted octanol–water partition coefficient (Wildman–Crippen LogP) is 5.81. The minimum Gasteiger partial charge on any atom is -0.374 e. The Morgan fingerprint density at radius 3 is 2.46 bits per heavy atom. The number of halogens is 3. The van der Waals surface area contributed by atoms with Gasteiger partial charge in [0.2, 0.25) is 23.6 Å². The molecule has 2 spiro atoms. The summed E-state index contributed by atoms with van der Waals surface area (Å²) in [6.45, 7) is 0.291. The molecule has 6 N–H and O–H groups in total. The summed E-state index contributed by atoms with van der Waals surface area (Å²) >= 11 is 12.8. The van der Waals surface area contributed by atoms with Crippen LogP contribution in [0.3, 0.4) is 0 Å². The average Bonchev–Trinajstić information content (AvgIpc) is 3.84. The van der Waals surface area contributed by atoms with Crippen LogP contribution in [0.15, 0.2) is 78.9 Å². The van der Waals surface area contributed by atoms with E-state index >= 15 is 4.39 Å². The van der Waals surface area contributed by atoms with Crippen LogP contribution in [0.5, 0.6) is 0 Å². The van der Waals surface area contributed by atoms with Gasteiger partial charge in [0.05, 0.1) is 23.7 Å². The van der Waals surface area contributed by atoms with Crippen LogP contribution in [0, 0.1) is 17.7 Å². The zero-order chi connectivity index (χ0) is 42.6. The maximum absolute atomic E-state index is 16.2. The third kappa shape index (κ3) is 6.87. The molecule has 312 valence electrons. The molecule has 15 heteroatoms. The van der Waals surface area contributed by atoms with Gasteiger partial charge in [-0.15, -0.1) is 0 Å². The van der Waals surface area contributed by atoms with Crippen molar-refractivity contribution in [2.24, 2.45) is 0 Å². The van der Waals surface area contributed by atoms with E-state index in [0.29, 0.717) is 57.9 Å². The highest BCUT2D eigenvalue weighted by Gasteiger charge is 2.72. The maximum Gasteiger partial charge on any atom is 0.252 e. The molecule has 5 atom stereocenters. The van der Waals surface area contributed by atoms with Gasteiger partial charge in [0.25, 0.3) is 5.91 Å². The summed E-state index contributed by atoms with van der Waals surface area (Å²) < 4.78 is 16.2. The van der Waals surface area contributed by atoms with E-state index in [1.807, 2.05) is 6.07 Å². The largest absolute Gasteiger partial charge is 0.374 e. The van der Waals surface area contributed by atoms with Crippen molar-refractivity contribution in [2.45, 2.75) is 86.7 Å². The Bertz CT molecular complexity index is 2570. The second kappa shape index (κ2) is 16.0. The lowest BCUT2D eigenvalue weighted by molar-refractivity contribution is -0.141. The molecule has 4 aliphatic heterocycles. The van der Waals surface area contributed by atoms with Gasteiger partial charge in [-0.05, 0) is 84.5 Å². The lowest BCUT2D eigenvalue weighted by Crippen LogP contribution is -2.60. The second-order valence-electron chi connectivity index (χ2n) is 16.3. The summed E-state index contributed by atoms with van der Waals surface area (Å²) in [6, 6.07) is 19.8. The smallest absolute Gasteiger partial charge is 0.252 e. The normalized spacial score (nSPS) is 25.0. The van der Waals surface area contributed by atoms with Crippen molar-refractivity contribution in [3.05, 3.63) is 128 Å². The highest BCUT2D eigenvalue weighted by Crippen LogP contribution is 2.63. The monoisotopic (exact) mass is 862 g/mol. The fourth-order valence-corrected chi connectivity index (χ4v) is 10.7. The van der Waals surface area contributed by atoms with Crippen LogP contribution in [0.1, 0.15) is 95.3 Å². The fraction of sp³-hybridized carbons (Fsp3) is 0.326. The zero-order valence-electron chi connectivity index (χ0n) is 32.7. The first kappa shape index (κ1) is 40.8. The predicted molar refractivity (Wildman–Crippen MR) is 226 cm³/mol. The molecule has 0 bridgehead atoms. The lowest BCUT2D eigenvalue weighted by Gasteiger charge is -2.47. The number of hydrogen-bond acceptors (Lipinski definition) is 8. The SMILES string of the molecule is O=C1CCC(N2Cc3c(C#CCNC(=O)c4ccc(NC(=O)[C@@H]5NC6(CCCCC6)[C@@]6(C(=O)Nc7cc(Cl)ccc76)[C@H]5c5cccc(Cl)c5F)cc4)cccc3C2O)C(=O)N1. The molecule has 0 aromatic heterocycles. The number of amides is 5. The Kier molecular flexibility index (Phi) is 10.7. The molecule has 9 rings (SSSR count). The Hall–Kier alpha value is -5.62. The van der Waals surface area contributed by atoms with Crippen molar-refractivity contribution in [1.29, 1.82) is 0 Å². The van der Waals surface area contributed by atoms with E-state index in [9.17, 15) is 29.1 Å². The summed E-state index contributed by atoms with van der Waals surface area (Å²) in [6.07, 6.45) is 3.23. The third-order valence-electron chi connectivity index (χ3n) is 13.0. The summed E-state index contributed by atoms with van der Waals surface area (Å²) in [5.74, 6) is 2.38. The molecule has 5 aliphatic rings. The molecular formula is C46H41Cl2FN6O6. The number of piperidine rings is 1. The fourth-order valence-electron chi connectivity index (χ4n) is 10.4. The number of nitrogens with one attached hydrogen (secondary N) is 5. The van der Waals surface area contributed by atoms with Gasteiger partial charge in [-0.1, -0.05) is 84.6 Å². The van der Waals surface area contributed by atoms with Crippen LogP contribution in [0.4, 0.5) is 15.8 Å². The van der Waals surface area contributed by atoms with E-state index in [-0.39, 0.29) is 41.9 Å². The van der Waals surface area contributed by atoms with Gasteiger partial charge < -0.3 is 21.1 Å². The molecule has 1 saturated carbocycles. The quantitative estimate of drug-likeness (QED) is 0.104. The summed E-state index contributed by atoms with van der Waals surface area (Å²) in [5.41, 5.74) is 1.84. The van der Waals surface area contributed by atoms with Crippen LogP contribution in [-0.4, -0.2) is 63.7 Å². The van der Waals surface area contributed by atoms with Crippen molar-refractivity contribution in [1.82, 2.24) is 20.9 Å². The Balaban J connectivity index is 0.916. The number of imide groups is 1. The Labute approximate surface area is 360 Å². The van der Waals surface area contributed by atoms with E-state index in [1.165, 1.54) is 6.07 Å². The van der Waals surface area contributed by atoms with Crippen molar-refractivity contribution in [3.63, 3.8) is 0 Å². The van der Waals surface area contributed by atoms with Gasteiger partial charge >= 0.3 is 0 Å². The van der Waals surface area contributed by atoms with Crippen molar-refractivity contribution in [2.75, 3.05) is 17.2 Å². The Morgan fingerprint density at radius 2 is 1.69 bits per heavy atom. The van der Waals surface area contributed by atoms with Crippen LogP contribution in [0.25, 0.3) is 0 Å². The molecule has 12 nitrogen and oxygen atoms in total. The summed E-state index contributed by atoms with van der Waals surface area (Å²) in [5, 5.41) is 26.1. The van der Waals surface area contributed by atoms with Crippen molar-refractivity contribution >= 4 is 64.1 Å². The first-order valence-electron chi connectivity index (χ1n) is 20.3. The number of carbonyl (C=O) groups is 5. The number of aliphatic hydroxyl groups is 1. The highest BCUT2D eigenvalue weighted by atomic mass is 35.5. The highest BCUT2D eigenvalue weighted by molar-refractivity contribution is 6.31. The van der Waals surface area contributed by atoms with E-state index < -0.39 is 58.7 Å². The Morgan fingerprint density at radius 1 is 0.934 bits per heavy atom. The zero-order valence-corrected chi connectivity index (χ0v) is 34.3. The van der Waals surface area contributed by atoms with Gasteiger partial charge in [-0.2, -0.15) is 0 Å². The molecular weight excluding hydrogens is 822 g/mol. The molecule has 1 aliphatic carbocycles. The number of aliphatic hydroxyl groups excluding tert-OH is 1. The number of carbonyl (C=O) groups excluding carboxylic acids is 5. The third-order valence-corrected chi connectivity index (χ3v) is 13.6. The molecule has 4 aromatic rings. The van der Waals surface area contributed by atoms with Gasteiger partial charge in [0.1, 0.15) is 17.5 Å². The first-order valence-corrected chi connectivity index (χ1v) is 21.1. The number of nitrogens with zero attached hydrogens (tertiary/aromatic N) is 1. The molecule has 2 saturated heterocycles. The van der Waals surface area contributed by atoms with E-state index in [0.717, 1.165) is 24.8 Å². The van der Waals surface area contributed by atoms with Crippen LogP contribution in [0.2, 0.25) is 10.0 Å². The number of rotatable bonds is 6. The number of anilines is 2. The van der Waals surface area contributed by atoms with E-state index in [1.54, 1.807) is 71.6 Å². The second-order valence-corrected chi connectivity index (χ2v) is 17.1. The molecule has 5 amide bonds. The molecule has 4 aromatic carbocycles. The molecule has 2 unspecified atom stereocenters. The van der Waals surface area contributed by atoms with Crippen LogP contribution >= 0.6 is 23.2 Å². The van der Waals surface area contributed by atoms with Gasteiger partial charge in [0.15, 0.2) is 0 Å². The minimum atomic E-state index is -1.37. The standard InChI is InChI=1S/C46H41Cl2FN6O6/c47-27-14-17-32-34(23-27)52-44(61)46(32)37(30-10-5-11-33(48)38(30)49)39(54-45(46)20-2-1-3-21-45)42(59)51-28-15-12-26(13-16-28)40(57)50-22-6-8-25-7-4-9-29-31(25)24-55(43(29)60)35-18-19-36(56)53-41(35)58/h4-5,7,9-17,23,35,37,39,43,54,60H,1-3,18-22,24H2,(H,50,57)(H,51,59)(H,52,61)(H,53,56,58)/t35?,37-,39+,43?,46+/m0/s1. The molecule has 61 heavy (non-hydrogen) atoms. The van der Waals surface area contributed by atoms with Crippen LogP contribution < -0.4 is 26.6 Å². The molecule has 4 heterocycles. The maximum atomic E-state index is 16.2. The molecule has 3 fully saturated rings. The molecule has 0 radical (unpaired) electrons. The van der Waals surface area contributed by atoms with E-state index in [4.69, 9.17) is 23.2 Å². The van der Waals surface area contributed by atoms with Gasteiger partial charge in [0, 0.05) is 57.5 Å². The lowest BCUT2D eigenvalue weighted by atomic mass is 9.55. The minimum absolute atomic E-state index is 0.0155. The topological polar surface area (TPSA) is 169 Å². The summed E-state index contributed by atoms with van der Waals surface area (Å²) in [4.78, 5) is 68.1. The van der Waals surface area contributed by atoms with Crippen molar-refractivity contribution in [3.8, 4) is 11.8 Å². The number of fused-ring (bicyclic) bond motifs is 4. The van der Waals surface area contributed by atoms with Gasteiger partial charge in [-0.25, -0.2) is 4.39 Å². The average molecular weight is 864 g/mol. The van der Waals surface area contributed by atoms with Crippen molar-refractivity contribution < 1.29 is 33.5 Å². The van der Waals surface area contributed by atoms with Gasteiger partial charge in [-0.3, -0.25) is 39.5 Å². The first-order chi connectivity index (χ1) is 29.4. The van der Waals surface area contributed by atoms with E-state index in [2.05, 4.69) is 38.4 Å². The number of benzene rings is 4. The summed E-state index contributed by atoms with van der Waals surface area (Å²) in [7, 11) is 0. The number of hydrogen-bond donors (Lipinski definition) is 6.